The van der Waals surface area contributed by atoms with E-state index in [1.165, 1.54) is 5.69 Å². The molecule has 0 aliphatic carbocycles. The van der Waals surface area contributed by atoms with Crippen molar-refractivity contribution in [3.63, 3.8) is 0 Å². The van der Waals surface area contributed by atoms with Crippen LogP contribution in [0.2, 0.25) is 0 Å². The van der Waals surface area contributed by atoms with Gasteiger partial charge in [0, 0.05) is 50.5 Å². The predicted octanol–water partition coefficient (Wildman–Crippen LogP) is 1.42. The lowest BCUT2D eigenvalue weighted by Crippen LogP contribution is -2.44. The number of anilines is 1. The molecule has 1 saturated heterocycles. The van der Waals surface area contributed by atoms with Crippen molar-refractivity contribution in [3.8, 4) is 5.75 Å². The van der Waals surface area contributed by atoms with Crippen LogP contribution in [-0.2, 0) is 22.6 Å². The minimum Gasteiger partial charge on any atom is -0.496 e. The number of piperazine rings is 1. The maximum Gasteiger partial charge on any atom is 0.309 e. The summed E-state index contributed by atoms with van der Waals surface area (Å²) in [5.74, 6) is -0.594. The largest absolute Gasteiger partial charge is 0.496 e. The van der Waals surface area contributed by atoms with Crippen molar-refractivity contribution < 1.29 is 14.3 Å². The SMILES string of the molecule is COc1ccccc1CNC(=O)C(=O)NCCc1ccc(N2CCN(C)CC2)cc1. The maximum absolute atomic E-state index is 12.0. The number of amides is 2. The van der Waals surface area contributed by atoms with Crippen LogP contribution in [0.5, 0.6) is 5.75 Å². The Bertz CT molecular complexity index is 846. The van der Waals surface area contributed by atoms with Crippen LogP contribution >= 0.6 is 0 Å². The molecule has 2 aromatic rings. The summed E-state index contributed by atoms with van der Waals surface area (Å²) in [6.45, 7) is 4.88. The Kier molecular flexibility index (Phi) is 7.68. The molecule has 0 spiro atoms. The smallest absolute Gasteiger partial charge is 0.309 e. The summed E-state index contributed by atoms with van der Waals surface area (Å²) in [7, 11) is 3.72. The number of methoxy groups -OCH3 is 1. The number of ether oxygens (including phenoxy) is 1. The second kappa shape index (κ2) is 10.6. The molecule has 0 radical (unpaired) electrons. The van der Waals surface area contributed by atoms with Gasteiger partial charge < -0.3 is 25.2 Å². The maximum atomic E-state index is 12.0. The monoisotopic (exact) mass is 410 g/mol. The standard InChI is InChI=1S/C23H30N4O3/c1-26-13-15-27(16-14-26)20-9-7-18(8-10-20)11-12-24-22(28)23(29)25-17-19-5-3-4-6-21(19)30-2/h3-10H,11-17H2,1-2H3,(H,24,28)(H,25,29). The van der Waals surface area contributed by atoms with Crippen molar-refractivity contribution >= 4 is 17.5 Å². The molecular weight excluding hydrogens is 380 g/mol. The summed E-state index contributed by atoms with van der Waals surface area (Å²) in [5, 5.41) is 5.31. The average Bonchev–Trinajstić information content (AvgIpc) is 2.78. The van der Waals surface area contributed by atoms with Crippen molar-refractivity contribution in [3.05, 3.63) is 59.7 Å². The summed E-state index contributed by atoms with van der Waals surface area (Å²) < 4.78 is 5.25. The summed E-state index contributed by atoms with van der Waals surface area (Å²) in [5.41, 5.74) is 3.18. The van der Waals surface area contributed by atoms with Crippen LogP contribution in [0.25, 0.3) is 0 Å². The van der Waals surface area contributed by atoms with Crippen molar-refractivity contribution in [1.82, 2.24) is 15.5 Å². The second-order valence-electron chi connectivity index (χ2n) is 7.46. The van der Waals surface area contributed by atoms with E-state index in [1.807, 2.05) is 24.3 Å². The van der Waals surface area contributed by atoms with Gasteiger partial charge in [0.1, 0.15) is 5.75 Å². The molecule has 7 heteroatoms. The minimum atomic E-state index is -0.647. The topological polar surface area (TPSA) is 73.9 Å². The Morgan fingerprint density at radius 2 is 1.60 bits per heavy atom. The first-order valence-corrected chi connectivity index (χ1v) is 10.3. The zero-order valence-corrected chi connectivity index (χ0v) is 17.7. The number of para-hydroxylation sites is 1. The van der Waals surface area contributed by atoms with Crippen molar-refractivity contribution in [1.29, 1.82) is 0 Å². The summed E-state index contributed by atoms with van der Waals surface area (Å²) in [6.07, 6.45) is 0.675. The average molecular weight is 411 g/mol. The van der Waals surface area contributed by atoms with E-state index in [9.17, 15) is 9.59 Å². The Hall–Kier alpha value is -3.06. The molecule has 2 N–H and O–H groups in total. The first-order chi connectivity index (χ1) is 14.6. The van der Waals surface area contributed by atoms with E-state index >= 15 is 0 Å². The third kappa shape index (κ3) is 5.97. The van der Waals surface area contributed by atoms with Gasteiger partial charge in [-0.25, -0.2) is 0 Å². The van der Waals surface area contributed by atoms with E-state index in [1.54, 1.807) is 7.11 Å². The number of nitrogens with zero attached hydrogens (tertiary/aromatic N) is 2. The number of carbonyl (C=O) groups is 2. The van der Waals surface area contributed by atoms with E-state index in [0.29, 0.717) is 18.7 Å². The fourth-order valence-electron chi connectivity index (χ4n) is 3.44. The molecule has 30 heavy (non-hydrogen) atoms. The van der Waals surface area contributed by atoms with Gasteiger partial charge in [0.2, 0.25) is 0 Å². The molecule has 7 nitrogen and oxygen atoms in total. The van der Waals surface area contributed by atoms with Gasteiger partial charge in [-0.05, 0) is 37.2 Å². The first-order valence-electron chi connectivity index (χ1n) is 10.3. The highest BCUT2D eigenvalue weighted by Crippen LogP contribution is 2.18. The van der Waals surface area contributed by atoms with Gasteiger partial charge in [-0.2, -0.15) is 0 Å². The van der Waals surface area contributed by atoms with Crippen LogP contribution in [0.3, 0.4) is 0 Å². The molecular formula is C23H30N4O3. The molecule has 0 aromatic heterocycles. The second-order valence-corrected chi connectivity index (χ2v) is 7.46. The van der Waals surface area contributed by atoms with E-state index in [0.717, 1.165) is 37.3 Å². The molecule has 0 bridgehead atoms. The highest BCUT2D eigenvalue weighted by atomic mass is 16.5. The van der Waals surface area contributed by atoms with Gasteiger partial charge in [0.25, 0.3) is 0 Å². The predicted molar refractivity (Wildman–Crippen MR) is 118 cm³/mol. The zero-order valence-electron chi connectivity index (χ0n) is 17.7. The zero-order chi connectivity index (χ0) is 21.3. The molecule has 0 saturated carbocycles. The van der Waals surface area contributed by atoms with E-state index in [2.05, 4.69) is 51.7 Å². The lowest BCUT2D eigenvalue weighted by Gasteiger charge is -2.34. The van der Waals surface area contributed by atoms with Gasteiger partial charge >= 0.3 is 11.8 Å². The molecule has 0 unspecified atom stereocenters. The van der Waals surface area contributed by atoms with Crippen molar-refractivity contribution in [2.75, 3.05) is 51.8 Å². The highest BCUT2D eigenvalue weighted by Gasteiger charge is 2.15. The molecule has 0 atom stereocenters. The fraction of sp³-hybridized carbons (Fsp3) is 0.391. The summed E-state index contributed by atoms with van der Waals surface area (Å²) in [6, 6.07) is 15.8. The molecule has 3 rings (SSSR count). The Labute approximate surface area is 178 Å². The lowest BCUT2D eigenvalue weighted by molar-refractivity contribution is -0.139. The number of rotatable bonds is 7. The van der Waals surface area contributed by atoms with E-state index in [-0.39, 0.29) is 6.54 Å². The van der Waals surface area contributed by atoms with Crippen LogP contribution in [0.4, 0.5) is 5.69 Å². The fourth-order valence-corrected chi connectivity index (χ4v) is 3.44. The van der Waals surface area contributed by atoms with Gasteiger partial charge in [-0.3, -0.25) is 9.59 Å². The Balaban J connectivity index is 1.40. The summed E-state index contributed by atoms with van der Waals surface area (Å²) >= 11 is 0. The molecule has 1 aliphatic rings. The normalized spacial score (nSPS) is 14.3. The Morgan fingerprint density at radius 3 is 2.30 bits per heavy atom. The summed E-state index contributed by atoms with van der Waals surface area (Å²) in [4.78, 5) is 28.8. The molecule has 2 aromatic carbocycles. The first kappa shape index (κ1) is 21.6. The number of carbonyl (C=O) groups excluding carboxylic acids is 2. The third-order valence-electron chi connectivity index (χ3n) is 5.34. The van der Waals surface area contributed by atoms with Crippen molar-refractivity contribution in [2.45, 2.75) is 13.0 Å². The highest BCUT2D eigenvalue weighted by molar-refractivity contribution is 6.35. The van der Waals surface area contributed by atoms with Crippen LogP contribution in [0.15, 0.2) is 48.5 Å². The Morgan fingerprint density at radius 1 is 0.933 bits per heavy atom. The molecule has 2 amide bonds. The molecule has 1 fully saturated rings. The number of hydrogen-bond acceptors (Lipinski definition) is 5. The van der Waals surface area contributed by atoms with Crippen LogP contribution in [0.1, 0.15) is 11.1 Å². The van der Waals surface area contributed by atoms with E-state index in [4.69, 9.17) is 4.74 Å². The lowest BCUT2D eigenvalue weighted by atomic mass is 10.1. The van der Waals surface area contributed by atoms with Gasteiger partial charge in [0.15, 0.2) is 0 Å². The van der Waals surface area contributed by atoms with Crippen LogP contribution in [0, 0.1) is 0 Å². The van der Waals surface area contributed by atoms with Gasteiger partial charge in [0.05, 0.1) is 7.11 Å². The minimum absolute atomic E-state index is 0.240. The third-order valence-corrected chi connectivity index (χ3v) is 5.34. The number of likely N-dealkylation sites (N-methyl/N-ethyl adjacent to an activating group) is 1. The van der Waals surface area contributed by atoms with Gasteiger partial charge in [-0.1, -0.05) is 30.3 Å². The molecule has 160 valence electrons. The quantitative estimate of drug-likeness (QED) is 0.676. The van der Waals surface area contributed by atoms with Crippen molar-refractivity contribution in [2.24, 2.45) is 0 Å². The van der Waals surface area contributed by atoms with E-state index < -0.39 is 11.8 Å². The van der Waals surface area contributed by atoms with Crippen LogP contribution < -0.4 is 20.3 Å². The molecule has 1 aliphatic heterocycles. The van der Waals surface area contributed by atoms with Gasteiger partial charge in [-0.15, -0.1) is 0 Å². The number of hydrogen-bond donors (Lipinski definition) is 2. The molecule has 1 heterocycles. The number of nitrogens with one attached hydrogen (secondary N) is 2. The number of benzene rings is 2. The van der Waals surface area contributed by atoms with Crippen LogP contribution in [-0.4, -0.2) is 63.6 Å².